The Hall–Kier alpha value is -2.47. The second-order valence-corrected chi connectivity index (χ2v) is 8.20. The molecule has 0 bridgehead atoms. The highest BCUT2D eigenvalue weighted by atomic mass is 35.5. The van der Waals surface area contributed by atoms with Crippen molar-refractivity contribution in [2.45, 2.75) is 58.3 Å². The maximum atomic E-state index is 15.0. The second-order valence-electron chi connectivity index (χ2n) is 7.77. The van der Waals surface area contributed by atoms with Gasteiger partial charge in [0.15, 0.2) is 5.82 Å². The van der Waals surface area contributed by atoms with Gasteiger partial charge in [0.25, 0.3) is 0 Å². The van der Waals surface area contributed by atoms with E-state index in [9.17, 15) is 9.18 Å². The molecule has 0 saturated carbocycles. The average Bonchev–Trinajstić information content (AvgIpc) is 3.17. The Bertz CT molecular complexity index is 1040. The summed E-state index contributed by atoms with van der Waals surface area (Å²) in [6.45, 7) is 2.77. The zero-order valence-corrected chi connectivity index (χ0v) is 18.5. The maximum Gasteiger partial charge on any atom is 0.201 e. The molecule has 2 heterocycles. The van der Waals surface area contributed by atoms with Crippen molar-refractivity contribution < 1.29 is 13.6 Å². The number of carbonyl (C=O) groups excluding carboxylic acids is 1. The summed E-state index contributed by atoms with van der Waals surface area (Å²) in [7, 11) is 0. The van der Waals surface area contributed by atoms with E-state index < -0.39 is 23.0 Å². The monoisotopic (exact) mass is 447 g/mol. The van der Waals surface area contributed by atoms with Gasteiger partial charge in [-0.15, -0.1) is 0 Å². The van der Waals surface area contributed by atoms with Gasteiger partial charge in [-0.1, -0.05) is 63.5 Å². The molecule has 0 radical (unpaired) electrons. The number of unbranched alkanes of at least 4 members (excludes halogenated alkanes) is 7. The molecule has 0 aliphatic heterocycles. The quantitative estimate of drug-likeness (QED) is 0.226. The first-order valence-electron chi connectivity index (χ1n) is 10.9. The molecule has 3 rings (SSSR count). The number of rotatable bonds is 12. The number of pyridine rings is 1. The van der Waals surface area contributed by atoms with Crippen molar-refractivity contribution in [1.82, 2.24) is 9.97 Å². The Balaban J connectivity index is 1.64. The summed E-state index contributed by atoms with van der Waals surface area (Å²) in [5, 5.41) is 3.76. The molecule has 0 saturated heterocycles. The van der Waals surface area contributed by atoms with Crippen molar-refractivity contribution in [3.8, 4) is 0 Å². The van der Waals surface area contributed by atoms with Crippen molar-refractivity contribution in [3.05, 3.63) is 58.4 Å². The van der Waals surface area contributed by atoms with Crippen LogP contribution in [0.5, 0.6) is 0 Å². The van der Waals surface area contributed by atoms with Gasteiger partial charge < -0.3 is 10.3 Å². The van der Waals surface area contributed by atoms with Crippen molar-refractivity contribution >= 4 is 34.1 Å². The third kappa shape index (κ3) is 5.82. The number of hydrogen-bond donors (Lipinski definition) is 2. The van der Waals surface area contributed by atoms with Crippen LogP contribution in [0, 0.1) is 11.6 Å². The smallest absolute Gasteiger partial charge is 0.201 e. The van der Waals surface area contributed by atoms with Crippen LogP contribution >= 0.6 is 11.6 Å². The van der Waals surface area contributed by atoms with Crippen molar-refractivity contribution in [1.29, 1.82) is 0 Å². The standard InChI is InChI=1S/C24H28ClF2N3O/c1-2-3-4-5-6-7-8-9-12-28-20-11-10-19(26)21(22(20)27)23(31)18-15-30-24-17(18)13-16(25)14-29-24/h10-11,13-15,28H,2-9,12H2,1H3,(H,29,30). The third-order valence-electron chi connectivity index (χ3n) is 5.41. The van der Waals surface area contributed by atoms with Gasteiger partial charge in [0.05, 0.1) is 16.3 Å². The minimum Gasteiger partial charge on any atom is -0.383 e. The lowest BCUT2D eigenvalue weighted by atomic mass is 10.0. The Morgan fingerprint density at radius 2 is 1.81 bits per heavy atom. The fourth-order valence-corrected chi connectivity index (χ4v) is 3.84. The lowest BCUT2D eigenvalue weighted by Gasteiger charge is -2.11. The summed E-state index contributed by atoms with van der Waals surface area (Å²) < 4.78 is 29.5. The van der Waals surface area contributed by atoms with Gasteiger partial charge in [-0.25, -0.2) is 13.8 Å². The van der Waals surface area contributed by atoms with Crippen LogP contribution in [-0.2, 0) is 0 Å². The maximum absolute atomic E-state index is 15.0. The molecule has 0 spiro atoms. The van der Waals surface area contributed by atoms with Gasteiger partial charge in [-0.2, -0.15) is 0 Å². The molecule has 0 amide bonds. The number of nitrogens with one attached hydrogen (secondary N) is 2. The number of ketones is 1. The molecular formula is C24H28ClF2N3O. The molecule has 0 fully saturated rings. The van der Waals surface area contributed by atoms with E-state index >= 15 is 4.39 Å². The van der Waals surface area contributed by atoms with Crippen molar-refractivity contribution in [2.24, 2.45) is 0 Å². The molecule has 3 aromatic rings. The van der Waals surface area contributed by atoms with E-state index in [0.29, 0.717) is 22.6 Å². The number of hydrogen-bond acceptors (Lipinski definition) is 3. The van der Waals surface area contributed by atoms with E-state index in [1.807, 2.05) is 0 Å². The first-order chi connectivity index (χ1) is 15.0. The molecule has 1 aromatic carbocycles. The van der Waals surface area contributed by atoms with Crippen molar-refractivity contribution in [3.63, 3.8) is 0 Å². The number of nitrogens with zero attached hydrogens (tertiary/aromatic N) is 1. The fourth-order valence-electron chi connectivity index (χ4n) is 3.68. The highest BCUT2D eigenvalue weighted by Gasteiger charge is 2.24. The van der Waals surface area contributed by atoms with Gasteiger partial charge in [-0.3, -0.25) is 4.79 Å². The first-order valence-corrected chi connectivity index (χ1v) is 11.3. The van der Waals surface area contributed by atoms with Crippen LogP contribution in [-0.4, -0.2) is 22.3 Å². The average molecular weight is 448 g/mol. The highest BCUT2D eigenvalue weighted by molar-refractivity contribution is 6.31. The normalized spacial score (nSPS) is 11.2. The van der Waals surface area contributed by atoms with Crippen molar-refractivity contribution in [2.75, 3.05) is 11.9 Å². The Kier molecular flexibility index (Phi) is 8.41. The van der Waals surface area contributed by atoms with Gasteiger partial charge in [0.2, 0.25) is 5.78 Å². The summed E-state index contributed by atoms with van der Waals surface area (Å²) >= 11 is 5.97. The lowest BCUT2D eigenvalue weighted by Crippen LogP contribution is -2.11. The van der Waals surface area contributed by atoms with Gasteiger partial charge in [-0.05, 0) is 24.6 Å². The van der Waals surface area contributed by atoms with E-state index in [4.69, 9.17) is 11.6 Å². The molecular weight excluding hydrogens is 420 g/mol. The van der Waals surface area contributed by atoms with Crippen LogP contribution in [0.4, 0.5) is 14.5 Å². The van der Waals surface area contributed by atoms with E-state index in [-0.39, 0.29) is 11.3 Å². The number of carbonyl (C=O) groups is 1. The zero-order chi connectivity index (χ0) is 22.2. The van der Waals surface area contributed by atoms with Gasteiger partial charge in [0, 0.05) is 29.9 Å². The highest BCUT2D eigenvalue weighted by Crippen LogP contribution is 2.28. The Labute approximate surface area is 186 Å². The molecule has 0 aliphatic carbocycles. The first kappa shape index (κ1) is 23.2. The van der Waals surface area contributed by atoms with Crippen LogP contribution < -0.4 is 5.32 Å². The summed E-state index contributed by atoms with van der Waals surface area (Å²) in [6.07, 6.45) is 12.2. The number of halogens is 3. The predicted molar refractivity (Wildman–Crippen MR) is 122 cm³/mol. The summed E-state index contributed by atoms with van der Waals surface area (Å²) in [5.41, 5.74) is 0.103. The predicted octanol–water partition coefficient (Wildman–Crippen LogP) is 7.28. The molecule has 7 heteroatoms. The summed E-state index contributed by atoms with van der Waals surface area (Å²) in [4.78, 5) is 19.9. The molecule has 0 unspecified atom stereocenters. The van der Waals surface area contributed by atoms with E-state index in [0.717, 1.165) is 25.3 Å². The van der Waals surface area contributed by atoms with Gasteiger partial charge >= 0.3 is 0 Å². The molecule has 31 heavy (non-hydrogen) atoms. The van der Waals surface area contributed by atoms with Crippen LogP contribution in [0.2, 0.25) is 5.02 Å². The lowest BCUT2D eigenvalue weighted by molar-refractivity contribution is 0.103. The Morgan fingerprint density at radius 3 is 2.55 bits per heavy atom. The number of anilines is 1. The zero-order valence-electron chi connectivity index (χ0n) is 17.7. The number of aromatic amines is 1. The summed E-state index contributed by atoms with van der Waals surface area (Å²) in [5.74, 6) is -2.53. The number of aromatic nitrogens is 2. The van der Waals surface area contributed by atoms with Crippen LogP contribution in [0.3, 0.4) is 0 Å². The van der Waals surface area contributed by atoms with Crippen LogP contribution in [0.15, 0.2) is 30.6 Å². The fraction of sp³-hybridized carbons (Fsp3) is 0.417. The molecule has 166 valence electrons. The van der Waals surface area contributed by atoms with Crippen LogP contribution in [0.1, 0.15) is 74.2 Å². The minimum atomic E-state index is -0.899. The Morgan fingerprint density at radius 1 is 1.10 bits per heavy atom. The SMILES string of the molecule is CCCCCCCCCCNc1ccc(F)c(C(=O)c2c[nH]c3ncc(Cl)cc23)c1F. The topological polar surface area (TPSA) is 57.8 Å². The van der Waals surface area contributed by atoms with E-state index in [1.165, 1.54) is 50.6 Å². The van der Waals surface area contributed by atoms with E-state index in [1.54, 1.807) is 6.07 Å². The van der Waals surface area contributed by atoms with E-state index in [2.05, 4.69) is 22.2 Å². The largest absolute Gasteiger partial charge is 0.383 e. The third-order valence-corrected chi connectivity index (χ3v) is 5.61. The molecule has 0 aliphatic rings. The molecule has 2 N–H and O–H groups in total. The summed E-state index contributed by atoms with van der Waals surface area (Å²) in [6, 6.07) is 4.00. The number of fused-ring (bicyclic) bond motifs is 1. The number of benzene rings is 1. The molecule has 2 aromatic heterocycles. The molecule has 0 atom stereocenters. The van der Waals surface area contributed by atoms with Crippen LogP contribution in [0.25, 0.3) is 11.0 Å². The van der Waals surface area contributed by atoms with Gasteiger partial charge in [0.1, 0.15) is 11.5 Å². The second kappa shape index (κ2) is 11.2. The number of H-pyrrole nitrogens is 1. The minimum absolute atomic E-state index is 0.128. The molecule has 4 nitrogen and oxygen atoms in total.